The average molecular weight is 212 g/mol. The monoisotopic (exact) mass is 212 g/mol. The van der Waals surface area contributed by atoms with E-state index < -0.39 is 11.6 Å². The molecule has 1 atom stereocenters. The number of halogens is 1. The van der Waals surface area contributed by atoms with Crippen LogP contribution in [0.1, 0.15) is 20.8 Å². The number of aliphatic hydroxyl groups is 1. The first-order valence-electron chi connectivity index (χ1n) is 4.84. The maximum absolute atomic E-state index is 13.0. The fourth-order valence-electron chi connectivity index (χ4n) is 1.09. The molecule has 0 heterocycles. The molecule has 0 fully saturated rings. The van der Waals surface area contributed by atoms with Crippen molar-refractivity contribution in [3.63, 3.8) is 0 Å². The molecule has 0 aliphatic heterocycles. The van der Waals surface area contributed by atoms with E-state index in [1.165, 1.54) is 18.2 Å². The van der Waals surface area contributed by atoms with Crippen LogP contribution in [-0.2, 0) is 0 Å². The molecule has 3 nitrogen and oxygen atoms in total. The topological polar surface area (TPSA) is 58.3 Å². The molecule has 15 heavy (non-hydrogen) atoms. The quantitative estimate of drug-likeness (QED) is 0.671. The van der Waals surface area contributed by atoms with E-state index in [0.29, 0.717) is 11.4 Å². The molecule has 0 saturated carbocycles. The Morgan fingerprint density at radius 3 is 2.60 bits per heavy atom. The second-order valence-electron chi connectivity index (χ2n) is 4.25. The number of hydrogen-bond acceptors (Lipinski definition) is 3. The van der Waals surface area contributed by atoms with Gasteiger partial charge in [-0.25, -0.2) is 4.39 Å². The van der Waals surface area contributed by atoms with Gasteiger partial charge in [-0.3, -0.25) is 0 Å². The highest BCUT2D eigenvalue weighted by molar-refractivity contribution is 5.66. The van der Waals surface area contributed by atoms with Crippen LogP contribution in [0.4, 0.5) is 15.8 Å². The summed E-state index contributed by atoms with van der Waals surface area (Å²) in [4.78, 5) is 0. The first-order valence-corrected chi connectivity index (χ1v) is 4.84. The number of anilines is 2. The van der Waals surface area contributed by atoms with Crippen LogP contribution in [0.3, 0.4) is 0 Å². The number of nitrogens with one attached hydrogen (secondary N) is 1. The van der Waals surface area contributed by atoms with Crippen LogP contribution in [0.2, 0.25) is 0 Å². The molecule has 84 valence electrons. The average Bonchev–Trinajstić information content (AvgIpc) is 2.10. The minimum Gasteiger partial charge on any atom is -0.397 e. The number of benzene rings is 1. The van der Waals surface area contributed by atoms with Gasteiger partial charge in [0.05, 0.1) is 23.0 Å². The summed E-state index contributed by atoms with van der Waals surface area (Å²) in [5.74, 6) is -0.354. The Hall–Kier alpha value is -1.29. The van der Waals surface area contributed by atoms with Crippen molar-refractivity contribution in [1.82, 2.24) is 0 Å². The van der Waals surface area contributed by atoms with Crippen LogP contribution in [0.15, 0.2) is 18.2 Å². The zero-order valence-corrected chi connectivity index (χ0v) is 9.21. The number of nitrogens with two attached hydrogens (primary N) is 1. The van der Waals surface area contributed by atoms with E-state index in [1.54, 1.807) is 6.92 Å². The predicted octanol–water partition coefficient (Wildman–Crippen LogP) is 1.98. The molecule has 0 amide bonds. The molecule has 1 aromatic carbocycles. The van der Waals surface area contributed by atoms with Crippen molar-refractivity contribution < 1.29 is 9.50 Å². The lowest BCUT2D eigenvalue weighted by molar-refractivity contribution is 0.133. The molecular formula is C11H17FN2O. The van der Waals surface area contributed by atoms with Gasteiger partial charge in [0.15, 0.2) is 0 Å². The summed E-state index contributed by atoms with van der Waals surface area (Å²) in [6, 6.07) is 4.12. The van der Waals surface area contributed by atoms with Crippen LogP contribution in [0, 0.1) is 5.82 Å². The van der Waals surface area contributed by atoms with Crippen molar-refractivity contribution in [3.8, 4) is 0 Å². The normalized spacial score (nSPS) is 13.7. The fourth-order valence-corrected chi connectivity index (χ4v) is 1.09. The van der Waals surface area contributed by atoms with Gasteiger partial charge in [0, 0.05) is 0 Å². The number of aliphatic hydroxyl groups excluding tert-OH is 1. The molecule has 0 aliphatic rings. The third-order valence-corrected chi connectivity index (χ3v) is 2.52. The van der Waals surface area contributed by atoms with Crippen LogP contribution in [0.25, 0.3) is 0 Å². The molecule has 0 radical (unpaired) electrons. The van der Waals surface area contributed by atoms with Gasteiger partial charge in [-0.2, -0.15) is 0 Å². The van der Waals surface area contributed by atoms with Crippen LogP contribution in [0.5, 0.6) is 0 Å². The molecule has 0 saturated heterocycles. The van der Waals surface area contributed by atoms with Gasteiger partial charge in [0.2, 0.25) is 0 Å². The molecule has 4 heteroatoms. The zero-order chi connectivity index (χ0) is 11.6. The lowest BCUT2D eigenvalue weighted by atomic mass is 9.98. The minimum atomic E-state index is -0.569. The van der Waals surface area contributed by atoms with Gasteiger partial charge in [0.1, 0.15) is 5.82 Å². The van der Waals surface area contributed by atoms with Gasteiger partial charge in [0.25, 0.3) is 0 Å². The van der Waals surface area contributed by atoms with Crippen molar-refractivity contribution in [2.24, 2.45) is 0 Å². The van der Waals surface area contributed by atoms with E-state index in [2.05, 4.69) is 5.32 Å². The van der Waals surface area contributed by atoms with E-state index in [1.807, 2.05) is 13.8 Å². The standard InChI is InChI=1S/C11H17FN2O/c1-7(15)11(2,3)14-10-6-8(12)4-5-9(10)13/h4-7,14-15H,13H2,1-3H3. The Labute approximate surface area is 89.1 Å². The molecule has 0 aromatic heterocycles. The molecule has 0 bridgehead atoms. The Morgan fingerprint density at radius 1 is 1.47 bits per heavy atom. The predicted molar refractivity (Wildman–Crippen MR) is 60.2 cm³/mol. The van der Waals surface area contributed by atoms with E-state index >= 15 is 0 Å². The van der Waals surface area contributed by atoms with Crippen LogP contribution >= 0.6 is 0 Å². The Bertz CT molecular complexity index is 350. The molecule has 4 N–H and O–H groups in total. The largest absolute Gasteiger partial charge is 0.397 e. The zero-order valence-electron chi connectivity index (χ0n) is 9.21. The van der Waals surface area contributed by atoms with E-state index in [0.717, 1.165) is 0 Å². The summed E-state index contributed by atoms with van der Waals surface area (Å²) < 4.78 is 13.0. The number of hydrogen-bond donors (Lipinski definition) is 3. The van der Waals surface area contributed by atoms with Gasteiger partial charge in [-0.15, -0.1) is 0 Å². The summed E-state index contributed by atoms with van der Waals surface area (Å²) in [6.07, 6.45) is -0.569. The van der Waals surface area contributed by atoms with Crippen molar-refractivity contribution in [2.75, 3.05) is 11.1 Å². The summed E-state index contributed by atoms with van der Waals surface area (Å²) in [6.45, 7) is 5.31. The number of rotatable bonds is 3. The highest BCUT2D eigenvalue weighted by Crippen LogP contribution is 2.24. The van der Waals surface area contributed by atoms with Crippen LogP contribution < -0.4 is 11.1 Å². The molecular weight excluding hydrogens is 195 g/mol. The lowest BCUT2D eigenvalue weighted by Crippen LogP contribution is -2.42. The third-order valence-electron chi connectivity index (χ3n) is 2.52. The van der Waals surface area contributed by atoms with E-state index in [4.69, 9.17) is 5.73 Å². The summed E-state index contributed by atoms with van der Waals surface area (Å²) in [7, 11) is 0. The van der Waals surface area contributed by atoms with E-state index in [9.17, 15) is 9.50 Å². The SMILES string of the molecule is CC(O)C(C)(C)Nc1cc(F)ccc1N. The summed E-state index contributed by atoms with van der Waals surface area (Å²) >= 11 is 0. The third kappa shape index (κ3) is 2.83. The van der Waals surface area contributed by atoms with Gasteiger partial charge in [-0.05, 0) is 39.0 Å². The second-order valence-corrected chi connectivity index (χ2v) is 4.25. The fraction of sp³-hybridized carbons (Fsp3) is 0.455. The highest BCUT2D eigenvalue weighted by atomic mass is 19.1. The smallest absolute Gasteiger partial charge is 0.125 e. The first kappa shape index (κ1) is 11.8. The Balaban J connectivity index is 2.94. The van der Waals surface area contributed by atoms with Crippen LogP contribution in [-0.4, -0.2) is 16.7 Å². The summed E-state index contributed by atoms with van der Waals surface area (Å²) in [5, 5.41) is 12.5. The van der Waals surface area contributed by atoms with E-state index in [-0.39, 0.29) is 5.82 Å². The summed E-state index contributed by atoms with van der Waals surface area (Å²) in [5.41, 5.74) is 6.10. The Kier molecular flexibility index (Phi) is 3.19. The highest BCUT2D eigenvalue weighted by Gasteiger charge is 2.24. The van der Waals surface area contributed by atoms with Gasteiger partial charge >= 0.3 is 0 Å². The maximum Gasteiger partial charge on any atom is 0.125 e. The van der Waals surface area contributed by atoms with Gasteiger partial charge in [-0.1, -0.05) is 0 Å². The maximum atomic E-state index is 13.0. The minimum absolute atomic E-state index is 0.354. The lowest BCUT2D eigenvalue weighted by Gasteiger charge is -2.31. The number of nitrogen functional groups attached to an aromatic ring is 1. The van der Waals surface area contributed by atoms with Crippen molar-refractivity contribution in [1.29, 1.82) is 0 Å². The van der Waals surface area contributed by atoms with Crippen molar-refractivity contribution in [2.45, 2.75) is 32.4 Å². The molecule has 1 aromatic rings. The first-order chi connectivity index (χ1) is 6.83. The molecule has 0 aliphatic carbocycles. The van der Waals surface area contributed by atoms with Gasteiger partial charge < -0.3 is 16.2 Å². The molecule has 1 unspecified atom stereocenters. The molecule has 1 rings (SSSR count). The molecule has 0 spiro atoms. The second kappa shape index (κ2) is 4.06. The Morgan fingerprint density at radius 2 is 2.07 bits per heavy atom. The van der Waals surface area contributed by atoms with Crippen molar-refractivity contribution >= 4 is 11.4 Å². The van der Waals surface area contributed by atoms with Crippen molar-refractivity contribution in [3.05, 3.63) is 24.0 Å².